The molecule has 0 aromatic heterocycles. The van der Waals surface area contributed by atoms with Crippen LogP contribution in [0.15, 0.2) is 12.1 Å². The fourth-order valence-corrected chi connectivity index (χ4v) is 1.67. The highest BCUT2D eigenvalue weighted by Crippen LogP contribution is 2.37. The second kappa shape index (κ2) is 3.90. The number of carbonyl (C=O) groups is 1. The molecule has 1 N–H and O–H groups in total. The normalized spacial score (nSPS) is 12.9. The summed E-state index contributed by atoms with van der Waals surface area (Å²) in [6.45, 7) is 2.39. The van der Waals surface area contributed by atoms with Crippen molar-refractivity contribution in [3.63, 3.8) is 0 Å². The molecule has 4 nitrogen and oxygen atoms in total. The maximum atomic E-state index is 11.8. The van der Waals surface area contributed by atoms with E-state index < -0.39 is 0 Å². The first kappa shape index (κ1) is 9.98. The van der Waals surface area contributed by atoms with Crippen molar-refractivity contribution in [2.24, 2.45) is 0 Å². The highest BCUT2D eigenvalue weighted by molar-refractivity contribution is 6.02. The minimum absolute atomic E-state index is 0.0253. The average molecular weight is 207 g/mol. The summed E-state index contributed by atoms with van der Waals surface area (Å²) in [5.74, 6) is 1.26. The molecular formula is C11H13NO3. The van der Waals surface area contributed by atoms with Crippen molar-refractivity contribution in [3.05, 3.63) is 23.3 Å². The number of Topliss-reactive ketones (excluding diaryl/α,β-unsaturated/α-hetero) is 1. The first-order chi connectivity index (χ1) is 7.24. The van der Waals surface area contributed by atoms with E-state index in [1.54, 1.807) is 7.05 Å². The zero-order valence-corrected chi connectivity index (χ0v) is 8.79. The summed E-state index contributed by atoms with van der Waals surface area (Å²) in [7, 11) is 1.74. The molecule has 0 saturated heterocycles. The van der Waals surface area contributed by atoms with Gasteiger partial charge in [-0.05, 0) is 25.6 Å². The molecule has 0 radical (unpaired) electrons. The van der Waals surface area contributed by atoms with Gasteiger partial charge >= 0.3 is 0 Å². The number of likely N-dealkylation sites (N-methyl/N-ethyl adjacent to an activating group) is 1. The molecule has 0 saturated carbocycles. The van der Waals surface area contributed by atoms with E-state index in [9.17, 15) is 4.79 Å². The Morgan fingerprint density at radius 3 is 3.00 bits per heavy atom. The van der Waals surface area contributed by atoms with E-state index in [1.807, 2.05) is 19.1 Å². The van der Waals surface area contributed by atoms with Gasteiger partial charge in [0.15, 0.2) is 17.3 Å². The van der Waals surface area contributed by atoms with Crippen LogP contribution in [0.25, 0.3) is 0 Å². The molecule has 1 heterocycles. The van der Waals surface area contributed by atoms with Crippen molar-refractivity contribution < 1.29 is 14.3 Å². The van der Waals surface area contributed by atoms with Gasteiger partial charge in [-0.1, -0.05) is 6.07 Å². The van der Waals surface area contributed by atoms with Crippen molar-refractivity contribution in [2.75, 3.05) is 20.4 Å². The van der Waals surface area contributed by atoms with Gasteiger partial charge in [0.25, 0.3) is 0 Å². The summed E-state index contributed by atoms with van der Waals surface area (Å²) in [4.78, 5) is 11.8. The Bertz CT molecular complexity index is 401. The van der Waals surface area contributed by atoms with E-state index in [2.05, 4.69) is 5.32 Å². The zero-order chi connectivity index (χ0) is 10.8. The minimum atomic E-state index is 0.0253. The van der Waals surface area contributed by atoms with Crippen LogP contribution >= 0.6 is 0 Å². The van der Waals surface area contributed by atoms with Gasteiger partial charge in [0.2, 0.25) is 6.79 Å². The average Bonchev–Trinajstić information content (AvgIpc) is 2.65. The third-order valence-corrected chi connectivity index (χ3v) is 2.36. The van der Waals surface area contributed by atoms with E-state index in [-0.39, 0.29) is 12.6 Å². The SMILES string of the molecule is CNCC(=O)c1c(C)ccc2c1OCO2. The van der Waals surface area contributed by atoms with E-state index in [0.29, 0.717) is 23.6 Å². The molecule has 0 unspecified atom stereocenters. The topological polar surface area (TPSA) is 47.6 Å². The predicted octanol–water partition coefficient (Wildman–Crippen LogP) is 1.13. The molecule has 0 spiro atoms. The highest BCUT2D eigenvalue weighted by Gasteiger charge is 2.23. The molecule has 0 amide bonds. The number of ether oxygens (including phenoxy) is 2. The fraction of sp³-hybridized carbons (Fsp3) is 0.364. The van der Waals surface area contributed by atoms with E-state index in [1.165, 1.54) is 0 Å². The van der Waals surface area contributed by atoms with Gasteiger partial charge in [0.1, 0.15) is 0 Å². The lowest BCUT2D eigenvalue weighted by Crippen LogP contribution is -2.19. The number of ketones is 1. The third kappa shape index (κ3) is 1.68. The van der Waals surface area contributed by atoms with Crippen LogP contribution in [-0.2, 0) is 0 Å². The molecule has 0 fully saturated rings. The Morgan fingerprint density at radius 1 is 1.47 bits per heavy atom. The van der Waals surface area contributed by atoms with Crippen LogP contribution in [0.5, 0.6) is 11.5 Å². The molecule has 15 heavy (non-hydrogen) atoms. The van der Waals surface area contributed by atoms with Gasteiger partial charge in [0.05, 0.1) is 12.1 Å². The highest BCUT2D eigenvalue weighted by atomic mass is 16.7. The molecule has 4 heteroatoms. The first-order valence-electron chi connectivity index (χ1n) is 4.81. The molecule has 1 aliphatic heterocycles. The van der Waals surface area contributed by atoms with Crippen LogP contribution in [0.3, 0.4) is 0 Å². The molecule has 0 aliphatic carbocycles. The van der Waals surface area contributed by atoms with Crippen LogP contribution in [-0.4, -0.2) is 26.2 Å². The van der Waals surface area contributed by atoms with Gasteiger partial charge in [-0.2, -0.15) is 0 Å². The first-order valence-corrected chi connectivity index (χ1v) is 4.81. The Hall–Kier alpha value is -1.55. The van der Waals surface area contributed by atoms with Crippen molar-refractivity contribution in [1.29, 1.82) is 0 Å². The minimum Gasteiger partial charge on any atom is -0.454 e. The Kier molecular flexibility index (Phi) is 2.60. The summed E-state index contributed by atoms with van der Waals surface area (Å²) >= 11 is 0. The maximum Gasteiger partial charge on any atom is 0.231 e. The van der Waals surface area contributed by atoms with E-state index in [0.717, 1.165) is 5.56 Å². The summed E-state index contributed by atoms with van der Waals surface area (Å²) in [5.41, 5.74) is 1.54. The summed E-state index contributed by atoms with van der Waals surface area (Å²) in [5, 5.41) is 2.84. The van der Waals surface area contributed by atoms with Crippen LogP contribution in [0, 0.1) is 6.92 Å². The van der Waals surface area contributed by atoms with Crippen LogP contribution in [0.4, 0.5) is 0 Å². The number of aryl methyl sites for hydroxylation is 1. The number of nitrogens with one attached hydrogen (secondary N) is 1. The van der Waals surface area contributed by atoms with Crippen LogP contribution in [0.1, 0.15) is 15.9 Å². The van der Waals surface area contributed by atoms with Gasteiger partial charge in [0, 0.05) is 0 Å². The van der Waals surface area contributed by atoms with Gasteiger partial charge in [-0.25, -0.2) is 0 Å². The smallest absolute Gasteiger partial charge is 0.231 e. The van der Waals surface area contributed by atoms with E-state index in [4.69, 9.17) is 9.47 Å². The number of benzene rings is 1. The number of carbonyl (C=O) groups excluding carboxylic acids is 1. The predicted molar refractivity (Wildman–Crippen MR) is 55.6 cm³/mol. The van der Waals surface area contributed by atoms with Crippen LogP contribution in [0.2, 0.25) is 0 Å². The maximum absolute atomic E-state index is 11.8. The monoisotopic (exact) mass is 207 g/mol. The number of hydrogen-bond acceptors (Lipinski definition) is 4. The second-order valence-electron chi connectivity index (χ2n) is 3.44. The summed E-state index contributed by atoms with van der Waals surface area (Å²) in [6.07, 6.45) is 0. The number of fused-ring (bicyclic) bond motifs is 1. The van der Waals surface area contributed by atoms with Crippen molar-refractivity contribution in [1.82, 2.24) is 5.32 Å². The number of hydrogen-bond donors (Lipinski definition) is 1. The van der Waals surface area contributed by atoms with Gasteiger partial charge in [-0.15, -0.1) is 0 Å². The van der Waals surface area contributed by atoms with Crippen molar-refractivity contribution in [2.45, 2.75) is 6.92 Å². The lowest BCUT2D eigenvalue weighted by atomic mass is 10.0. The Labute approximate surface area is 88.2 Å². The van der Waals surface area contributed by atoms with Crippen molar-refractivity contribution in [3.8, 4) is 11.5 Å². The van der Waals surface area contributed by atoms with Gasteiger partial charge < -0.3 is 14.8 Å². The van der Waals surface area contributed by atoms with Crippen LogP contribution < -0.4 is 14.8 Å². The zero-order valence-electron chi connectivity index (χ0n) is 8.79. The lowest BCUT2D eigenvalue weighted by molar-refractivity contribution is 0.0988. The Morgan fingerprint density at radius 2 is 2.27 bits per heavy atom. The van der Waals surface area contributed by atoms with E-state index >= 15 is 0 Å². The Balaban J connectivity index is 2.45. The van der Waals surface area contributed by atoms with Gasteiger partial charge in [-0.3, -0.25) is 4.79 Å². The summed E-state index contributed by atoms with van der Waals surface area (Å²) in [6, 6.07) is 3.70. The largest absolute Gasteiger partial charge is 0.454 e. The molecule has 1 aliphatic rings. The molecule has 1 aromatic carbocycles. The van der Waals surface area contributed by atoms with Crippen molar-refractivity contribution >= 4 is 5.78 Å². The lowest BCUT2D eigenvalue weighted by Gasteiger charge is -2.07. The molecule has 0 atom stereocenters. The third-order valence-electron chi connectivity index (χ3n) is 2.36. The fourth-order valence-electron chi connectivity index (χ4n) is 1.67. The molecular weight excluding hydrogens is 194 g/mol. The molecule has 1 aromatic rings. The summed E-state index contributed by atoms with van der Waals surface area (Å²) < 4.78 is 10.5. The second-order valence-corrected chi connectivity index (χ2v) is 3.44. The molecule has 0 bridgehead atoms. The molecule has 80 valence electrons. The quantitative estimate of drug-likeness (QED) is 0.755. The standard InChI is InChI=1S/C11H13NO3/c1-7-3-4-9-11(15-6-14-9)10(7)8(13)5-12-2/h3-4,12H,5-6H2,1-2H3. The molecule has 2 rings (SSSR count). The number of rotatable bonds is 3.